The number of nitrogens with two attached hydrogens (primary N) is 1. The summed E-state index contributed by atoms with van der Waals surface area (Å²) in [6.45, 7) is 0. The Kier molecular flexibility index (Phi) is 2.56. The Labute approximate surface area is 97.4 Å². The summed E-state index contributed by atoms with van der Waals surface area (Å²) in [5.74, 6) is 0.376. The second-order valence-electron chi connectivity index (χ2n) is 2.62. The highest BCUT2D eigenvalue weighted by molar-refractivity contribution is 9.10. The molecule has 2 N–H and O–H groups in total. The van der Waals surface area contributed by atoms with E-state index in [0.29, 0.717) is 10.4 Å². The highest BCUT2D eigenvalue weighted by Crippen LogP contribution is 2.21. The van der Waals surface area contributed by atoms with Gasteiger partial charge in [-0.1, -0.05) is 12.1 Å². The SMILES string of the molecule is Nc1nn(-c2ccccc2Br)nc1Br. The zero-order chi connectivity index (χ0) is 10.1. The number of benzene rings is 1. The lowest BCUT2D eigenvalue weighted by molar-refractivity contribution is 0.747. The fourth-order valence-corrected chi connectivity index (χ4v) is 1.69. The summed E-state index contributed by atoms with van der Waals surface area (Å²) in [6, 6.07) is 7.65. The van der Waals surface area contributed by atoms with E-state index >= 15 is 0 Å². The third-order valence-corrected chi connectivity index (χ3v) is 2.90. The summed E-state index contributed by atoms with van der Waals surface area (Å²) in [7, 11) is 0. The summed E-state index contributed by atoms with van der Waals surface area (Å²) in [5, 5.41) is 8.16. The molecule has 1 aromatic heterocycles. The Morgan fingerprint density at radius 3 is 2.43 bits per heavy atom. The second kappa shape index (κ2) is 3.70. The number of nitrogen functional groups attached to an aromatic ring is 1. The van der Waals surface area contributed by atoms with E-state index in [1.165, 1.54) is 4.80 Å². The van der Waals surface area contributed by atoms with Crippen molar-refractivity contribution in [3.05, 3.63) is 33.3 Å². The van der Waals surface area contributed by atoms with Gasteiger partial charge in [-0.15, -0.1) is 15.0 Å². The van der Waals surface area contributed by atoms with Crippen LogP contribution in [0.4, 0.5) is 5.82 Å². The van der Waals surface area contributed by atoms with E-state index in [9.17, 15) is 0 Å². The molecule has 14 heavy (non-hydrogen) atoms. The first-order valence-electron chi connectivity index (χ1n) is 3.81. The second-order valence-corrected chi connectivity index (χ2v) is 4.22. The molecule has 0 saturated carbocycles. The summed E-state index contributed by atoms with van der Waals surface area (Å²) < 4.78 is 1.47. The first-order valence-corrected chi connectivity index (χ1v) is 5.40. The average Bonchev–Trinajstić information content (AvgIpc) is 2.48. The van der Waals surface area contributed by atoms with Crippen LogP contribution in [0.15, 0.2) is 33.3 Å². The zero-order valence-corrected chi connectivity index (χ0v) is 10.2. The number of hydrogen-bond acceptors (Lipinski definition) is 3. The summed E-state index contributed by atoms with van der Waals surface area (Å²) in [6.07, 6.45) is 0. The predicted molar refractivity (Wildman–Crippen MR) is 61.2 cm³/mol. The molecule has 0 atom stereocenters. The van der Waals surface area contributed by atoms with Crippen molar-refractivity contribution < 1.29 is 0 Å². The number of halogens is 2. The topological polar surface area (TPSA) is 56.7 Å². The smallest absolute Gasteiger partial charge is 0.181 e. The molecule has 0 aliphatic heterocycles. The normalized spacial score (nSPS) is 10.4. The molecule has 0 saturated heterocycles. The van der Waals surface area contributed by atoms with Crippen molar-refractivity contribution in [3.8, 4) is 5.69 Å². The highest BCUT2D eigenvalue weighted by Gasteiger charge is 2.07. The standard InChI is InChI=1S/C8H6Br2N4/c9-5-3-1-2-4-6(5)14-12-7(10)8(11)13-14/h1-4H,(H2,11,13). The average molecular weight is 318 g/mol. The number of anilines is 1. The maximum Gasteiger partial charge on any atom is 0.181 e. The van der Waals surface area contributed by atoms with E-state index in [1.807, 2.05) is 24.3 Å². The van der Waals surface area contributed by atoms with Crippen LogP contribution in [0.5, 0.6) is 0 Å². The fraction of sp³-hybridized carbons (Fsp3) is 0. The van der Waals surface area contributed by atoms with Gasteiger partial charge in [0.2, 0.25) is 0 Å². The van der Waals surface area contributed by atoms with Gasteiger partial charge in [0, 0.05) is 4.47 Å². The molecule has 1 aromatic carbocycles. The van der Waals surface area contributed by atoms with Crippen molar-refractivity contribution in [2.45, 2.75) is 0 Å². The first kappa shape index (κ1) is 9.67. The molecule has 0 aliphatic rings. The van der Waals surface area contributed by atoms with E-state index in [2.05, 4.69) is 42.1 Å². The minimum absolute atomic E-state index is 0.376. The Hall–Kier alpha value is -0.880. The van der Waals surface area contributed by atoms with Crippen molar-refractivity contribution in [2.75, 3.05) is 5.73 Å². The van der Waals surface area contributed by atoms with Gasteiger partial charge in [-0.25, -0.2) is 0 Å². The van der Waals surface area contributed by atoms with Crippen molar-refractivity contribution in [2.24, 2.45) is 0 Å². The molecule has 6 heteroatoms. The van der Waals surface area contributed by atoms with Crippen LogP contribution < -0.4 is 5.73 Å². The van der Waals surface area contributed by atoms with Gasteiger partial charge >= 0.3 is 0 Å². The maximum absolute atomic E-state index is 5.57. The van der Waals surface area contributed by atoms with Crippen LogP contribution >= 0.6 is 31.9 Å². The number of aromatic nitrogens is 3. The minimum atomic E-state index is 0.376. The summed E-state index contributed by atoms with van der Waals surface area (Å²) in [4.78, 5) is 1.48. The van der Waals surface area contributed by atoms with Crippen molar-refractivity contribution in [1.29, 1.82) is 0 Å². The minimum Gasteiger partial charge on any atom is -0.380 e. The van der Waals surface area contributed by atoms with Crippen LogP contribution in [-0.4, -0.2) is 15.0 Å². The molecule has 0 fully saturated rings. The van der Waals surface area contributed by atoms with Crippen molar-refractivity contribution >= 4 is 37.7 Å². The van der Waals surface area contributed by atoms with E-state index in [1.54, 1.807) is 0 Å². The van der Waals surface area contributed by atoms with Crippen LogP contribution in [0, 0.1) is 0 Å². The van der Waals surface area contributed by atoms with E-state index in [-0.39, 0.29) is 0 Å². The third-order valence-electron chi connectivity index (χ3n) is 1.66. The zero-order valence-electron chi connectivity index (χ0n) is 6.98. The highest BCUT2D eigenvalue weighted by atomic mass is 79.9. The molecule has 0 aliphatic carbocycles. The van der Waals surface area contributed by atoms with E-state index < -0.39 is 0 Å². The van der Waals surface area contributed by atoms with Gasteiger partial charge in [-0.3, -0.25) is 0 Å². The lowest BCUT2D eigenvalue weighted by Gasteiger charge is -2.00. The largest absolute Gasteiger partial charge is 0.380 e. The fourth-order valence-electron chi connectivity index (χ4n) is 1.02. The van der Waals surface area contributed by atoms with Crippen LogP contribution in [0.25, 0.3) is 5.69 Å². The molecule has 2 rings (SSSR count). The van der Waals surface area contributed by atoms with Crippen LogP contribution in [0.1, 0.15) is 0 Å². The van der Waals surface area contributed by atoms with Crippen molar-refractivity contribution in [1.82, 2.24) is 15.0 Å². The van der Waals surface area contributed by atoms with Gasteiger partial charge < -0.3 is 5.73 Å². The van der Waals surface area contributed by atoms with E-state index in [0.717, 1.165) is 10.2 Å². The van der Waals surface area contributed by atoms with Crippen LogP contribution in [0.2, 0.25) is 0 Å². The number of para-hydroxylation sites is 1. The van der Waals surface area contributed by atoms with E-state index in [4.69, 9.17) is 5.73 Å². The molecule has 0 radical (unpaired) electrons. The number of nitrogens with zero attached hydrogens (tertiary/aromatic N) is 3. The molecular formula is C8H6Br2N4. The lowest BCUT2D eigenvalue weighted by atomic mass is 10.3. The van der Waals surface area contributed by atoms with Gasteiger partial charge in [0.15, 0.2) is 10.4 Å². The van der Waals surface area contributed by atoms with Crippen LogP contribution in [-0.2, 0) is 0 Å². The van der Waals surface area contributed by atoms with Gasteiger partial charge in [-0.2, -0.15) is 0 Å². The molecule has 4 nitrogen and oxygen atoms in total. The molecule has 0 bridgehead atoms. The number of hydrogen-bond donors (Lipinski definition) is 1. The molecule has 0 spiro atoms. The van der Waals surface area contributed by atoms with Gasteiger partial charge in [-0.05, 0) is 44.0 Å². The molecule has 0 amide bonds. The lowest BCUT2D eigenvalue weighted by Crippen LogP contribution is -1.99. The van der Waals surface area contributed by atoms with Crippen LogP contribution in [0.3, 0.4) is 0 Å². The molecular weight excluding hydrogens is 312 g/mol. The van der Waals surface area contributed by atoms with Crippen molar-refractivity contribution in [3.63, 3.8) is 0 Å². The maximum atomic E-state index is 5.57. The molecule has 0 unspecified atom stereocenters. The Morgan fingerprint density at radius 1 is 1.14 bits per heavy atom. The Morgan fingerprint density at radius 2 is 1.86 bits per heavy atom. The third kappa shape index (κ3) is 1.67. The summed E-state index contributed by atoms with van der Waals surface area (Å²) in [5.41, 5.74) is 6.42. The van der Waals surface area contributed by atoms with Gasteiger partial charge in [0.25, 0.3) is 0 Å². The quantitative estimate of drug-likeness (QED) is 0.878. The summed E-state index contributed by atoms with van der Waals surface area (Å²) >= 11 is 6.61. The predicted octanol–water partition coefficient (Wildman–Crippen LogP) is 2.37. The molecule has 2 aromatic rings. The van der Waals surface area contributed by atoms with Gasteiger partial charge in [0.1, 0.15) is 0 Å². The van der Waals surface area contributed by atoms with Gasteiger partial charge in [0.05, 0.1) is 5.69 Å². The first-order chi connectivity index (χ1) is 6.68. The Bertz CT molecular complexity index is 447. The molecule has 1 heterocycles. The molecule has 72 valence electrons. The monoisotopic (exact) mass is 316 g/mol. The number of rotatable bonds is 1. The Balaban J connectivity index is 2.55.